The minimum absolute atomic E-state index is 0.0518. The van der Waals surface area contributed by atoms with E-state index in [2.05, 4.69) is 41.8 Å². The number of carbonyl (C=O) groups excluding carboxylic acids is 1. The zero-order valence-electron chi connectivity index (χ0n) is 12.0. The fraction of sp³-hybridized carbons (Fsp3) is 0.533. The van der Waals surface area contributed by atoms with Gasteiger partial charge in [0.25, 0.3) is 0 Å². The van der Waals surface area contributed by atoms with Crippen molar-refractivity contribution in [2.75, 3.05) is 13.1 Å². The Morgan fingerprint density at radius 3 is 2.53 bits per heavy atom. The first-order valence-electron chi connectivity index (χ1n) is 6.91. The van der Waals surface area contributed by atoms with Gasteiger partial charge in [-0.3, -0.25) is 4.79 Å². The molecular formula is C15H24N2OS. The quantitative estimate of drug-likeness (QED) is 0.568. The number of thioether (sulfide) groups is 1. The molecule has 106 valence electrons. The third kappa shape index (κ3) is 6.12. The number of hydrogen-bond acceptors (Lipinski definition) is 3. The highest BCUT2D eigenvalue weighted by atomic mass is 32.2. The number of nitrogens with one attached hydrogen (secondary N) is 2. The molecule has 2 N–H and O–H groups in total. The predicted octanol–water partition coefficient (Wildman–Crippen LogP) is 2.80. The monoisotopic (exact) mass is 280 g/mol. The van der Waals surface area contributed by atoms with E-state index in [1.54, 1.807) is 11.8 Å². The molecule has 0 bridgehead atoms. The van der Waals surface area contributed by atoms with Crippen molar-refractivity contribution in [2.45, 2.75) is 43.9 Å². The van der Waals surface area contributed by atoms with Crippen LogP contribution in [0.4, 0.5) is 0 Å². The minimum Gasteiger partial charge on any atom is -0.355 e. The van der Waals surface area contributed by atoms with Crippen LogP contribution in [-0.4, -0.2) is 24.2 Å². The summed E-state index contributed by atoms with van der Waals surface area (Å²) in [6, 6.07) is 8.41. The van der Waals surface area contributed by atoms with Crippen LogP contribution >= 0.6 is 11.8 Å². The molecule has 0 aliphatic rings. The summed E-state index contributed by atoms with van der Waals surface area (Å²) >= 11 is 1.60. The summed E-state index contributed by atoms with van der Waals surface area (Å²) in [5.41, 5.74) is 1.28. The Labute approximate surface area is 120 Å². The SMILES string of the molecule is CCCNCc1ccc(SC(C)C(=O)NCC)cc1. The van der Waals surface area contributed by atoms with E-state index in [0.717, 1.165) is 24.4 Å². The van der Waals surface area contributed by atoms with E-state index in [-0.39, 0.29) is 11.2 Å². The van der Waals surface area contributed by atoms with Crippen LogP contribution in [-0.2, 0) is 11.3 Å². The van der Waals surface area contributed by atoms with Gasteiger partial charge in [0.1, 0.15) is 0 Å². The van der Waals surface area contributed by atoms with Gasteiger partial charge in [0.2, 0.25) is 5.91 Å². The molecule has 0 saturated carbocycles. The molecular weight excluding hydrogens is 256 g/mol. The molecule has 0 fully saturated rings. The third-order valence-electron chi connectivity index (χ3n) is 2.71. The number of carbonyl (C=O) groups is 1. The van der Waals surface area contributed by atoms with Crippen molar-refractivity contribution in [3.63, 3.8) is 0 Å². The lowest BCUT2D eigenvalue weighted by Gasteiger charge is -2.11. The first-order chi connectivity index (χ1) is 9.17. The number of hydrogen-bond donors (Lipinski definition) is 2. The van der Waals surface area contributed by atoms with Gasteiger partial charge in [0, 0.05) is 18.0 Å². The Morgan fingerprint density at radius 2 is 1.95 bits per heavy atom. The van der Waals surface area contributed by atoms with Crippen LogP contribution in [0.25, 0.3) is 0 Å². The summed E-state index contributed by atoms with van der Waals surface area (Å²) in [4.78, 5) is 12.8. The van der Waals surface area contributed by atoms with E-state index < -0.39 is 0 Å². The van der Waals surface area contributed by atoms with E-state index in [1.165, 1.54) is 5.56 Å². The van der Waals surface area contributed by atoms with Crippen molar-refractivity contribution in [3.05, 3.63) is 29.8 Å². The van der Waals surface area contributed by atoms with Gasteiger partial charge in [-0.2, -0.15) is 0 Å². The van der Waals surface area contributed by atoms with E-state index in [9.17, 15) is 4.79 Å². The standard InChI is InChI=1S/C15H24N2OS/c1-4-10-16-11-13-6-8-14(9-7-13)19-12(3)15(18)17-5-2/h6-9,12,16H,4-5,10-11H2,1-3H3,(H,17,18). The van der Waals surface area contributed by atoms with Crippen molar-refractivity contribution in [1.82, 2.24) is 10.6 Å². The molecule has 0 radical (unpaired) electrons. The smallest absolute Gasteiger partial charge is 0.233 e. The van der Waals surface area contributed by atoms with Gasteiger partial charge in [-0.05, 0) is 44.5 Å². The molecule has 0 heterocycles. The van der Waals surface area contributed by atoms with Crippen molar-refractivity contribution in [3.8, 4) is 0 Å². The molecule has 0 aromatic heterocycles. The van der Waals surface area contributed by atoms with Crippen LogP contribution in [0.2, 0.25) is 0 Å². The first-order valence-corrected chi connectivity index (χ1v) is 7.79. The third-order valence-corrected chi connectivity index (χ3v) is 3.82. The van der Waals surface area contributed by atoms with Crippen LogP contribution < -0.4 is 10.6 Å². The van der Waals surface area contributed by atoms with Crippen LogP contribution in [0.15, 0.2) is 29.2 Å². The van der Waals surface area contributed by atoms with Crippen LogP contribution in [0.3, 0.4) is 0 Å². The summed E-state index contributed by atoms with van der Waals surface area (Å²) in [6.45, 7) is 8.68. The molecule has 1 rings (SSSR count). The number of benzene rings is 1. The summed E-state index contributed by atoms with van der Waals surface area (Å²) in [5, 5.41) is 6.17. The van der Waals surface area contributed by atoms with Gasteiger partial charge < -0.3 is 10.6 Å². The van der Waals surface area contributed by atoms with Gasteiger partial charge in [-0.15, -0.1) is 11.8 Å². The van der Waals surface area contributed by atoms with Crippen LogP contribution in [0, 0.1) is 0 Å². The summed E-state index contributed by atoms with van der Waals surface area (Å²) in [6.07, 6.45) is 1.15. The van der Waals surface area contributed by atoms with Gasteiger partial charge >= 0.3 is 0 Å². The molecule has 0 saturated heterocycles. The zero-order chi connectivity index (χ0) is 14.1. The Hall–Kier alpha value is -1.00. The number of amides is 1. The fourth-order valence-electron chi connectivity index (χ4n) is 1.67. The normalized spacial score (nSPS) is 12.2. The molecule has 19 heavy (non-hydrogen) atoms. The molecule has 1 aromatic rings. The molecule has 1 amide bonds. The van der Waals surface area contributed by atoms with Crippen molar-refractivity contribution < 1.29 is 4.79 Å². The Bertz CT molecular complexity index is 378. The fourth-order valence-corrected chi connectivity index (χ4v) is 2.56. The maximum absolute atomic E-state index is 11.6. The second-order valence-electron chi connectivity index (χ2n) is 4.48. The van der Waals surface area contributed by atoms with Crippen molar-refractivity contribution >= 4 is 17.7 Å². The average molecular weight is 280 g/mol. The van der Waals surface area contributed by atoms with Gasteiger partial charge in [-0.25, -0.2) is 0 Å². The average Bonchev–Trinajstić information content (AvgIpc) is 2.41. The Balaban J connectivity index is 2.45. The second kappa shape index (κ2) is 8.99. The van der Waals surface area contributed by atoms with Crippen molar-refractivity contribution in [1.29, 1.82) is 0 Å². The van der Waals surface area contributed by atoms with Gasteiger partial charge in [-0.1, -0.05) is 19.1 Å². The summed E-state index contributed by atoms with van der Waals surface area (Å²) in [5.74, 6) is 0.0983. The minimum atomic E-state index is -0.0518. The van der Waals surface area contributed by atoms with E-state index in [4.69, 9.17) is 0 Å². The van der Waals surface area contributed by atoms with E-state index in [1.807, 2.05) is 13.8 Å². The molecule has 0 aliphatic heterocycles. The maximum Gasteiger partial charge on any atom is 0.233 e. The molecule has 1 aromatic carbocycles. The molecule has 4 heteroatoms. The topological polar surface area (TPSA) is 41.1 Å². The molecule has 1 unspecified atom stereocenters. The lowest BCUT2D eigenvalue weighted by atomic mass is 10.2. The molecule has 3 nitrogen and oxygen atoms in total. The Kier molecular flexibility index (Phi) is 7.60. The van der Waals surface area contributed by atoms with Gasteiger partial charge in [0.15, 0.2) is 0 Å². The zero-order valence-corrected chi connectivity index (χ0v) is 12.8. The highest BCUT2D eigenvalue weighted by Crippen LogP contribution is 2.23. The summed E-state index contributed by atoms with van der Waals surface area (Å²) in [7, 11) is 0. The molecule has 1 atom stereocenters. The number of rotatable bonds is 8. The molecule has 0 spiro atoms. The summed E-state index contributed by atoms with van der Waals surface area (Å²) < 4.78 is 0. The van der Waals surface area contributed by atoms with Crippen LogP contribution in [0.5, 0.6) is 0 Å². The second-order valence-corrected chi connectivity index (χ2v) is 5.89. The first kappa shape index (κ1) is 16.1. The lowest BCUT2D eigenvalue weighted by Crippen LogP contribution is -2.30. The van der Waals surface area contributed by atoms with E-state index >= 15 is 0 Å². The molecule has 0 aliphatic carbocycles. The van der Waals surface area contributed by atoms with Crippen LogP contribution in [0.1, 0.15) is 32.8 Å². The maximum atomic E-state index is 11.6. The predicted molar refractivity (Wildman–Crippen MR) is 82.4 cm³/mol. The van der Waals surface area contributed by atoms with Crippen molar-refractivity contribution in [2.24, 2.45) is 0 Å². The Morgan fingerprint density at radius 1 is 1.26 bits per heavy atom. The highest BCUT2D eigenvalue weighted by Gasteiger charge is 2.12. The largest absolute Gasteiger partial charge is 0.355 e. The van der Waals surface area contributed by atoms with E-state index in [0.29, 0.717) is 6.54 Å². The lowest BCUT2D eigenvalue weighted by molar-refractivity contribution is -0.120. The van der Waals surface area contributed by atoms with Gasteiger partial charge in [0.05, 0.1) is 5.25 Å². The highest BCUT2D eigenvalue weighted by molar-refractivity contribution is 8.00.